The molecule has 4 rings (SSSR count). The number of hydrogen-bond acceptors (Lipinski definition) is 3. The predicted octanol–water partition coefficient (Wildman–Crippen LogP) is 3.72. The molecule has 2 fully saturated rings. The summed E-state index contributed by atoms with van der Waals surface area (Å²) in [5, 5.41) is 7.24. The number of piperidine rings is 1. The number of guanidine groups is 1. The lowest BCUT2D eigenvalue weighted by molar-refractivity contribution is 0.0396. The minimum absolute atomic E-state index is 0.00935. The molecule has 1 spiro atoms. The Bertz CT molecular complexity index is 683. The van der Waals surface area contributed by atoms with E-state index in [1.165, 1.54) is 50.6 Å². The van der Waals surface area contributed by atoms with E-state index in [1.807, 2.05) is 0 Å². The van der Waals surface area contributed by atoms with Crippen molar-refractivity contribution in [1.29, 1.82) is 0 Å². The number of nitrogens with one attached hydrogen (secondary N) is 2. The van der Waals surface area contributed by atoms with Gasteiger partial charge in [-0.05, 0) is 71.0 Å². The zero-order valence-corrected chi connectivity index (χ0v) is 17.5. The second kappa shape index (κ2) is 8.73. The van der Waals surface area contributed by atoms with Gasteiger partial charge in [-0.15, -0.1) is 0 Å². The van der Waals surface area contributed by atoms with E-state index in [2.05, 4.69) is 53.8 Å². The van der Waals surface area contributed by atoms with E-state index in [0.29, 0.717) is 5.92 Å². The number of benzene rings is 1. The molecule has 2 N–H and O–H groups in total. The fraction of sp³-hybridized carbons (Fsp3) is 0.696. The molecule has 5 nitrogen and oxygen atoms in total. The first-order chi connectivity index (χ1) is 13.7. The van der Waals surface area contributed by atoms with Crippen LogP contribution >= 0.6 is 0 Å². The van der Waals surface area contributed by atoms with Gasteiger partial charge in [-0.1, -0.05) is 18.2 Å². The summed E-state index contributed by atoms with van der Waals surface area (Å²) in [6.07, 6.45) is 8.49. The lowest BCUT2D eigenvalue weighted by atomic mass is 9.86. The largest absolute Gasteiger partial charge is 0.487 e. The van der Waals surface area contributed by atoms with Crippen LogP contribution in [-0.2, 0) is 0 Å². The Morgan fingerprint density at radius 1 is 1.25 bits per heavy atom. The van der Waals surface area contributed by atoms with Crippen LogP contribution in [0.3, 0.4) is 0 Å². The summed E-state index contributed by atoms with van der Waals surface area (Å²) < 4.78 is 6.51. The molecule has 0 aromatic heterocycles. The van der Waals surface area contributed by atoms with Crippen LogP contribution in [0.4, 0.5) is 0 Å². The number of hydrogen-bond donors (Lipinski definition) is 2. The first-order valence-corrected chi connectivity index (χ1v) is 11.2. The van der Waals surface area contributed by atoms with Crippen molar-refractivity contribution < 1.29 is 4.74 Å². The number of rotatable bonds is 4. The summed E-state index contributed by atoms with van der Waals surface area (Å²) in [7, 11) is 2.22. The van der Waals surface area contributed by atoms with Crippen LogP contribution in [0.25, 0.3) is 0 Å². The Hall–Kier alpha value is -1.75. The maximum atomic E-state index is 6.51. The SMILES string of the molecule is CCNC(=NCC1CCCN(C)C1)NC1CC2(CCCC2)Oc2ccccc21. The molecular formula is C23H36N4O. The van der Waals surface area contributed by atoms with Crippen molar-refractivity contribution in [3.05, 3.63) is 29.8 Å². The minimum atomic E-state index is 0.00935. The number of ether oxygens (including phenoxy) is 1. The van der Waals surface area contributed by atoms with E-state index in [4.69, 9.17) is 9.73 Å². The maximum absolute atomic E-state index is 6.51. The van der Waals surface area contributed by atoms with Gasteiger partial charge in [0.2, 0.25) is 0 Å². The van der Waals surface area contributed by atoms with Crippen LogP contribution in [0.2, 0.25) is 0 Å². The molecule has 0 bridgehead atoms. The highest BCUT2D eigenvalue weighted by molar-refractivity contribution is 5.80. The Kier molecular flexibility index (Phi) is 6.10. The first-order valence-electron chi connectivity index (χ1n) is 11.2. The summed E-state index contributed by atoms with van der Waals surface area (Å²) in [5.41, 5.74) is 1.28. The van der Waals surface area contributed by atoms with Crippen molar-refractivity contribution >= 4 is 5.96 Å². The summed E-state index contributed by atoms with van der Waals surface area (Å²) in [5.74, 6) is 2.67. The standard InChI is InChI=1S/C23H36N4O/c1-3-24-22(25-16-18-9-8-14-27(2)17-18)26-20-15-23(12-6-7-13-23)28-21-11-5-4-10-19(20)21/h4-5,10-11,18,20H,3,6-9,12-17H2,1-2H3,(H2,24,25,26). The Morgan fingerprint density at radius 3 is 2.86 bits per heavy atom. The average molecular weight is 385 g/mol. The van der Waals surface area contributed by atoms with Gasteiger partial charge in [0.05, 0.1) is 6.04 Å². The zero-order chi connectivity index (χ0) is 19.4. The van der Waals surface area contributed by atoms with Crippen molar-refractivity contribution in [2.75, 3.05) is 33.2 Å². The molecule has 1 saturated heterocycles. The second-order valence-corrected chi connectivity index (χ2v) is 8.92. The van der Waals surface area contributed by atoms with Crippen LogP contribution < -0.4 is 15.4 Å². The molecule has 1 aliphatic carbocycles. The van der Waals surface area contributed by atoms with Crippen molar-refractivity contribution in [2.45, 2.75) is 63.5 Å². The van der Waals surface area contributed by atoms with Gasteiger partial charge in [0, 0.05) is 31.6 Å². The molecule has 28 heavy (non-hydrogen) atoms. The summed E-state index contributed by atoms with van der Waals surface area (Å²) in [6.45, 7) is 6.30. The molecule has 1 saturated carbocycles. The molecule has 1 aromatic rings. The topological polar surface area (TPSA) is 48.9 Å². The van der Waals surface area contributed by atoms with Gasteiger partial charge in [0.25, 0.3) is 0 Å². The van der Waals surface area contributed by atoms with E-state index in [9.17, 15) is 0 Å². The fourth-order valence-electron chi connectivity index (χ4n) is 5.20. The molecule has 0 amide bonds. The molecule has 0 radical (unpaired) electrons. The third kappa shape index (κ3) is 4.45. The maximum Gasteiger partial charge on any atom is 0.191 e. The summed E-state index contributed by atoms with van der Waals surface area (Å²) >= 11 is 0. The average Bonchev–Trinajstić information content (AvgIpc) is 3.13. The van der Waals surface area contributed by atoms with E-state index < -0.39 is 0 Å². The lowest BCUT2D eigenvalue weighted by Crippen LogP contribution is -2.47. The van der Waals surface area contributed by atoms with Crippen LogP contribution in [0.5, 0.6) is 5.75 Å². The van der Waals surface area contributed by atoms with Crippen LogP contribution in [-0.4, -0.2) is 49.7 Å². The Labute approximate surface area is 169 Å². The van der Waals surface area contributed by atoms with Gasteiger partial charge in [-0.2, -0.15) is 0 Å². The van der Waals surface area contributed by atoms with Crippen molar-refractivity contribution in [1.82, 2.24) is 15.5 Å². The van der Waals surface area contributed by atoms with Crippen LogP contribution in [0, 0.1) is 5.92 Å². The van der Waals surface area contributed by atoms with Gasteiger partial charge in [-0.25, -0.2) is 0 Å². The van der Waals surface area contributed by atoms with Gasteiger partial charge in [-0.3, -0.25) is 4.99 Å². The van der Waals surface area contributed by atoms with Gasteiger partial charge in [0.1, 0.15) is 11.4 Å². The smallest absolute Gasteiger partial charge is 0.191 e. The molecule has 3 aliphatic rings. The number of aliphatic imine (C=N–C) groups is 1. The van der Waals surface area contributed by atoms with E-state index in [0.717, 1.165) is 37.8 Å². The molecular weight excluding hydrogens is 348 g/mol. The molecule has 2 unspecified atom stereocenters. The highest BCUT2D eigenvalue weighted by atomic mass is 16.5. The third-order valence-corrected chi connectivity index (χ3v) is 6.60. The van der Waals surface area contributed by atoms with Gasteiger partial charge >= 0.3 is 0 Å². The Balaban J connectivity index is 1.49. The van der Waals surface area contributed by atoms with Crippen LogP contribution in [0.1, 0.15) is 63.5 Å². The highest BCUT2D eigenvalue weighted by Crippen LogP contribution is 2.46. The fourth-order valence-corrected chi connectivity index (χ4v) is 5.20. The number of nitrogens with zero attached hydrogens (tertiary/aromatic N) is 2. The summed E-state index contributed by atoms with van der Waals surface area (Å²) in [4.78, 5) is 7.41. The van der Waals surface area contributed by atoms with E-state index in [-0.39, 0.29) is 11.6 Å². The molecule has 154 valence electrons. The molecule has 1 aromatic carbocycles. The van der Waals surface area contributed by atoms with E-state index >= 15 is 0 Å². The number of likely N-dealkylation sites (tertiary alicyclic amines) is 1. The monoisotopic (exact) mass is 384 g/mol. The van der Waals surface area contributed by atoms with Gasteiger partial charge < -0.3 is 20.3 Å². The van der Waals surface area contributed by atoms with Crippen molar-refractivity contribution in [3.8, 4) is 5.75 Å². The predicted molar refractivity (Wildman–Crippen MR) is 115 cm³/mol. The zero-order valence-electron chi connectivity index (χ0n) is 17.5. The van der Waals surface area contributed by atoms with Crippen LogP contribution in [0.15, 0.2) is 29.3 Å². The molecule has 5 heteroatoms. The normalized spacial score (nSPS) is 27.3. The molecule has 2 atom stereocenters. The highest BCUT2D eigenvalue weighted by Gasteiger charge is 2.43. The van der Waals surface area contributed by atoms with Gasteiger partial charge in [0.15, 0.2) is 5.96 Å². The molecule has 2 heterocycles. The summed E-state index contributed by atoms with van der Waals surface area (Å²) in [6, 6.07) is 8.79. The first kappa shape index (κ1) is 19.6. The van der Waals surface area contributed by atoms with E-state index in [1.54, 1.807) is 0 Å². The third-order valence-electron chi connectivity index (χ3n) is 6.60. The lowest BCUT2D eigenvalue weighted by Gasteiger charge is -2.40. The van der Waals surface area contributed by atoms with Crippen molar-refractivity contribution in [2.24, 2.45) is 10.9 Å². The molecule has 2 aliphatic heterocycles. The Morgan fingerprint density at radius 2 is 2.07 bits per heavy atom. The van der Waals surface area contributed by atoms with Crippen molar-refractivity contribution in [3.63, 3.8) is 0 Å². The second-order valence-electron chi connectivity index (χ2n) is 8.92. The number of para-hydroxylation sites is 1. The number of fused-ring (bicyclic) bond motifs is 1. The minimum Gasteiger partial charge on any atom is -0.487 e. The quantitative estimate of drug-likeness (QED) is 0.614.